The van der Waals surface area contributed by atoms with Crippen LogP contribution in [0.1, 0.15) is 18.2 Å². The summed E-state index contributed by atoms with van der Waals surface area (Å²) >= 11 is 0. The lowest BCUT2D eigenvalue weighted by Crippen LogP contribution is -1.97. The van der Waals surface area contributed by atoms with Gasteiger partial charge in [-0.3, -0.25) is 4.99 Å². The highest BCUT2D eigenvalue weighted by Crippen LogP contribution is 2.21. The first-order valence-corrected chi connectivity index (χ1v) is 4.88. The standard InChI is InChI=1S/C11H11N3/c1-2-4-10-9(3-1)13-11(14-10)8-5-6-12-7-8/h1-4,7-8H,5-6H2,(H,13,14). The van der Waals surface area contributed by atoms with E-state index in [1.807, 2.05) is 24.4 Å². The molecule has 0 spiro atoms. The van der Waals surface area contributed by atoms with Crippen molar-refractivity contribution in [3.8, 4) is 0 Å². The molecule has 14 heavy (non-hydrogen) atoms. The van der Waals surface area contributed by atoms with Crippen LogP contribution in [0, 0.1) is 0 Å². The SMILES string of the molecule is C1=NCCC1c1nc2ccccc2[nH]1. The van der Waals surface area contributed by atoms with E-state index in [2.05, 4.69) is 21.0 Å². The molecule has 1 unspecified atom stereocenters. The smallest absolute Gasteiger partial charge is 0.115 e. The van der Waals surface area contributed by atoms with Gasteiger partial charge in [-0.2, -0.15) is 0 Å². The largest absolute Gasteiger partial charge is 0.341 e. The van der Waals surface area contributed by atoms with Crippen LogP contribution in [-0.2, 0) is 0 Å². The zero-order valence-corrected chi connectivity index (χ0v) is 7.77. The van der Waals surface area contributed by atoms with E-state index in [1.54, 1.807) is 0 Å². The summed E-state index contributed by atoms with van der Waals surface area (Å²) in [4.78, 5) is 12.1. The Labute approximate surface area is 81.9 Å². The molecule has 0 saturated heterocycles. The highest BCUT2D eigenvalue weighted by Gasteiger charge is 2.16. The number of para-hydroxylation sites is 2. The summed E-state index contributed by atoms with van der Waals surface area (Å²) in [6.45, 7) is 0.932. The van der Waals surface area contributed by atoms with Crippen LogP contribution >= 0.6 is 0 Å². The Bertz CT molecular complexity index is 451. The second-order valence-electron chi connectivity index (χ2n) is 3.59. The minimum atomic E-state index is 0.391. The topological polar surface area (TPSA) is 41.0 Å². The van der Waals surface area contributed by atoms with E-state index in [1.165, 1.54) is 0 Å². The van der Waals surface area contributed by atoms with E-state index in [-0.39, 0.29) is 0 Å². The summed E-state index contributed by atoms with van der Waals surface area (Å²) in [5, 5.41) is 0. The molecule has 0 fully saturated rings. The molecular weight excluding hydrogens is 174 g/mol. The van der Waals surface area contributed by atoms with Crippen LogP contribution in [0.5, 0.6) is 0 Å². The average molecular weight is 185 g/mol. The van der Waals surface area contributed by atoms with Crippen molar-refractivity contribution in [3.05, 3.63) is 30.1 Å². The van der Waals surface area contributed by atoms with Crippen LogP contribution in [0.3, 0.4) is 0 Å². The number of fused-ring (bicyclic) bond motifs is 1. The first kappa shape index (κ1) is 7.74. The number of hydrogen-bond acceptors (Lipinski definition) is 2. The Hall–Kier alpha value is -1.64. The molecular formula is C11H11N3. The van der Waals surface area contributed by atoms with Crippen molar-refractivity contribution < 1.29 is 0 Å². The summed E-state index contributed by atoms with van der Waals surface area (Å²) in [5.74, 6) is 1.44. The number of nitrogens with zero attached hydrogens (tertiary/aromatic N) is 2. The highest BCUT2D eigenvalue weighted by atomic mass is 14.9. The molecule has 1 atom stereocenters. The molecule has 1 aromatic carbocycles. The van der Waals surface area contributed by atoms with Crippen LogP contribution in [0.15, 0.2) is 29.3 Å². The fourth-order valence-electron chi connectivity index (χ4n) is 1.85. The lowest BCUT2D eigenvalue weighted by atomic mass is 10.1. The van der Waals surface area contributed by atoms with Gasteiger partial charge in [0.25, 0.3) is 0 Å². The molecule has 1 aliphatic rings. The first-order valence-electron chi connectivity index (χ1n) is 4.88. The van der Waals surface area contributed by atoms with Gasteiger partial charge < -0.3 is 4.98 Å². The van der Waals surface area contributed by atoms with Crippen LogP contribution < -0.4 is 0 Å². The molecule has 1 N–H and O–H groups in total. The van der Waals surface area contributed by atoms with Gasteiger partial charge in [-0.25, -0.2) is 4.98 Å². The Morgan fingerprint density at radius 3 is 3.00 bits per heavy atom. The van der Waals surface area contributed by atoms with Crippen molar-refractivity contribution in [1.29, 1.82) is 0 Å². The number of aromatic nitrogens is 2. The van der Waals surface area contributed by atoms with E-state index < -0.39 is 0 Å². The molecule has 3 rings (SSSR count). The van der Waals surface area contributed by atoms with E-state index in [0.29, 0.717) is 5.92 Å². The van der Waals surface area contributed by atoms with Crippen molar-refractivity contribution >= 4 is 17.2 Å². The number of aromatic amines is 1. The molecule has 0 bridgehead atoms. The summed E-state index contributed by atoms with van der Waals surface area (Å²) < 4.78 is 0. The Morgan fingerprint density at radius 2 is 2.21 bits per heavy atom. The van der Waals surface area contributed by atoms with E-state index >= 15 is 0 Å². The maximum Gasteiger partial charge on any atom is 0.115 e. The van der Waals surface area contributed by atoms with Crippen LogP contribution in [0.25, 0.3) is 11.0 Å². The Balaban J connectivity index is 2.09. The third-order valence-electron chi connectivity index (χ3n) is 2.61. The minimum absolute atomic E-state index is 0.391. The molecule has 70 valence electrons. The fraction of sp³-hybridized carbons (Fsp3) is 0.273. The predicted octanol–water partition coefficient (Wildman–Crippen LogP) is 2.12. The minimum Gasteiger partial charge on any atom is -0.341 e. The molecule has 1 aliphatic heterocycles. The summed E-state index contributed by atoms with van der Waals surface area (Å²) in [5.41, 5.74) is 2.16. The zero-order valence-electron chi connectivity index (χ0n) is 7.77. The lowest BCUT2D eigenvalue weighted by molar-refractivity contribution is 0.802. The molecule has 0 aliphatic carbocycles. The van der Waals surface area contributed by atoms with Crippen molar-refractivity contribution in [3.63, 3.8) is 0 Å². The maximum absolute atomic E-state index is 4.55. The maximum atomic E-state index is 4.55. The van der Waals surface area contributed by atoms with Gasteiger partial charge in [0.1, 0.15) is 5.82 Å². The van der Waals surface area contributed by atoms with Gasteiger partial charge in [0.15, 0.2) is 0 Å². The average Bonchev–Trinajstić information content (AvgIpc) is 2.86. The van der Waals surface area contributed by atoms with Gasteiger partial charge in [-0.1, -0.05) is 12.1 Å². The number of aliphatic imine (C=N–C) groups is 1. The van der Waals surface area contributed by atoms with Crippen LogP contribution in [-0.4, -0.2) is 22.7 Å². The highest BCUT2D eigenvalue weighted by molar-refractivity contribution is 5.77. The molecule has 2 aromatic rings. The third kappa shape index (κ3) is 1.13. The summed E-state index contributed by atoms with van der Waals surface area (Å²) in [6.07, 6.45) is 3.08. The van der Waals surface area contributed by atoms with Gasteiger partial charge >= 0.3 is 0 Å². The second kappa shape index (κ2) is 2.94. The third-order valence-corrected chi connectivity index (χ3v) is 2.61. The zero-order chi connectivity index (χ0) is 9.38. The molecule has 2 heterocycles. The van der Waals surface area contributed by atoms with Gasteiger partial charge in [0.2, 0.25) is 0 Å². The first-order chi connectivity index (χ1) is 6.93. The van der Waals surface area contributed by atoms with Crippen LogP contribution in [0.2, 0.25) is 0 Å². The normalized spacial score (nSPS) is 20.7. The van der Waals surface area contributed by atoms with Gasteiger partial charge in [0, 0.05) is 12.8 Å². The summed E-state index contributed by atoms with van der Waals surface area (Å²) in [6, 6.07) is 8.11. The summed E-state index contributed by atoms with van der Waals surface area (Å²) in [7, 11) is 0. The fourth-order valence-corrected chi connectivity index (χ4v) is 1.85. The second-order valence-corrected chi connectivity index (χ2v) is 3.59. The number of rotatable bonds is 1. The molecule has 1 aromatic heterocycles. The monoisotopic (exact) mass is 185 g/mol. The van der Waals surface area contributed by atoms with E-state index in [9.17, 15) is 0 Å². The van der Waals surface area contributed by atoms with Gasteiger partial charge in [-0.15, -0.1) is 0 Å². The molecule has 0 saturated carbocycles. The predicted molar refractivity (Wildman–Crippen MR) is 56.8 cm³/mol. The Kier molecular flexibility index (Phi) is 1.63. The Morgan fingerprint density at radius 1 is 1.29 bits per heavy atom. The molecule has 3 nitrogen and oxygen atoms in total. The van der Waals surface area contributed by atoms with Crippen molar-refractivity contribution in [2.24, 2.45) is 4.99 Å². The lowest BCUT2D eigenvalue weighted by Gasteiger charge is -1.98. The van der Waals surface area contributed by atoms with Crippen molar-refractivity contribution in [2.45, 2.75) is 12.3 Å². The molecule has 0 amide bonds. The van der Waals surface area contributed by atoms with Crippen LogP contribution in [0.4, 0.5) is 0 Å². The quantitative estimate of drug-likeness (QED) is 0.726. The van der Waals surface area contributed by atoms with Gasteiger partial charge in [0.05, 0.1) is 17.0 Å². The van der Waals surface area contributed by atoms with E-state index in [0.717, 1.165) is 29.8 Å². The number of nitrogens with one attached hydrogen (secondary N) is 1. The van der Waals surface area contributed by atoms with Gasteiger partial charge in [-0.05, 0) is 18.6 Å². The number of H-pyrrole nitrogens is 1. The molecule has 3 heteroatoms. The van der Waals surface area contributed by atoms with Crippen molar-refractivity contribution in [2.75, 3.05) is 6.54 Å². The molecule has 0 radical (unpaired) electrons. The number of imidazole rings is 1. The van der Waals surface area contributed by atoms with E-state index in [4.69, 9.17) is 0 Å². The number of benzene rings is 1. The number of hydrogen-bond donors (Lipinski definition) is 1. The van der Waals surface area contributed by atoms with Crippen molar-refractivity contribution in [1.82, 2.24) is 9.97 Å².